The molecule has 0 bridgehead atoms. The lowest BCUT2D eigenvalue weighted by atomic mass is 9.93. The predicted octanol–water partition coefficient (Wildman–Crippen LogP) is 1.97. The minimum absolute atomic E-state index is 0. The molecule has 2 rings (SSSR count). The third kappa shape index (κ3) is 5.48. The van der Waals surface area contributed by atoms with Crippen LogP contribution in [0.4, 0.5) is 0 Å². The monoisotopic (exact) mass is 360 g/mol. The van der Waals surface area contributed by atoms with Crippen LogP contribution in [-0.4, -0.2) is 52.2 Å². The van der Waals surface area contributed by atoms with Gasteiger partial charge in [-0.1, -0.05) is 6.07 Å². The lowest BCUT2D eigenvalue weighted by Gasteiger charge is -2.32. The second-order valence-electron chi connectivity index (χ2n) is 5.93. The van der Waals surface area contributed by atoms with Gasteiger partial charge in [-0.05, 0) is 57.0 Å². The Kier molecular flexibility index (Phi) is 7.51. The van der Waals surface area contributed by atoms with Gasteiger partial charge in [0.2, 0.25) is 0 Å². The molecular formula is C16H25ClN2O3S. The van der Waals surface area contributed by atoms with Gasteiger partial charge in [0.1, 0.15) is 0 Å². The molecule has 7 heteroatoms. The number of sulfone groups is 1. The summed E-state index contributed by atoms with van der Waals surface area (Å²) in [5.74, 6) is 0.594. The number of amides is 1. The SMILES string of the molecule is CNCCC1CCN(C(=O)c2cccc(S(C)(=O)=O)c2)CC1.Cl. The summed E-state index contributed by atoms with van der Waals surface area (Å²) >= 11 is 0. The molecule has 1 amide bonds. The Morgan fingerprint density at radius 2 is 1.96 bits per heavy atom. The van der Waals surface area contributed by atoms with Crippen molar-refractivity contribution in [1.82, 2.24) is 10.2 Å². The molecule has 0 unspecified atom stereocenters. The molecule has 1 aromatic rings. The summed E-state index contributed by atoms with van der Waals surface area (Å²) in [6.45, 7) is 2.50. The molecule has 5 nitrogen and oxygen atoms in total. The lowest BCUT2D eigenvalue weighted by molar-refractivity contribution is 0.0687. The molecule has 0 aliphatic carbocycles. The summed E-state index contributed by atoms with van der Waals surface area (Å²) < 4.78 is 23.2. The highest BCUT2D eigenvalue weighted by Gasteiger charge is 2.23. The summed E-state index contributed by atoms with van der Waals surface area (Å²) in [7, 11) is -1.33. The molecule has 130 valence electrons. The van der Waals surface area contributed by atoms with Crippen molar-refractivity contribution in [3.05, 3.63) is 29.8 Å². The second kappa shape index (κ2) is 8.66. The number of nitrogens with zero attached hydrogens (tertiary/aromatic N) is 1. The topological polar surface area (TPSA) is 66.5 Å². The van der Waals surface area contributed by atoms with Gasteiger partial charge < -0.3 is 10.2 Å². The first kappa shape index (κ1) is 19.9. The van der Waals surface area contributed by atoms with E-state index in [1.165, 1.54) is 12.1 Å². The van der Waals surface area contributed by atoms with Crippen LogP contribution in [-0.2, 0) is 9.84 Å². The number of nitrogens with one attached hydrogen (secondary N) is 1. The number of rotatable bonds is 5. The van der Waals surface area contributed by atoms with E-state index in [0.717, 1.165) is 45.2 Å². The first-order valence-corrected chi connectivity index (χ1v) is 9.55. The van der Waals surface area contributed by atoms with Crippen LogP contribution in [0.15, 0.2) is 29.2 Å². The third-order valence-corrected chi connectivity index (χ3v) is 5.32. The van der Waals surface area contributed by atoms with E-state index >= 15 is 0 Å². The number of benzene rings is 1. The zero-order valence-corrected chi connectivity index (χ0v) is 15.3. The number of carbonyl (C=O) groups is 1. The molecule has 23 heavy (non-hydrogen) atoms. The van der Waals surface area contributed by atoms with E-state index in [4.69, 9.17) is 0 Å². The van der Waals surface area contributed by atoms with Crippen molar-refractivity contribution >= 4 is 28.2 Å². The minimum Gasteiger partial charge on any atom is -0.339 e. The molecule has 1 saturated heterocycles. The Morgan fingerprint density at radius 1 is 1.30 bits per heavy atom. The number of likely N-dealkylation sites (tertiary alicyclic amines) is 1. The van der Waals surface area contributed by atoms with Crippen LogP contribution in [0.2, 0.25) is 0 Å². The Hall–Kier alpha value is -1.11. The van der Waals surface area contributed by atoms with E-state index in [1.807, 2.05) is 11.9 Å². The normalized spacial score (nSPS) is 16.0. The molecule has 1 N–H and O–H groups in total. The van der Waals surface area contributed by atoms with Crippen molar-refractivity contribution in [3.8, 4) is 0 Å². The fraction of sp³-hybridized carbons (Fsp3) is 0.562. The van der Waals surface area contributed by atoms with Gasteiger partial charge in [-0.2, -0.15) is 0 Å². The predicted molar refractivity (Wildman–Crippen MR) is 94.0 cm³/mol. The number of piperidine rings is 1. The van der Waals surface area contributed by atoms with Gasteiger partial charge in [0, 0.05) is 24.9 Å². The highest BCUT2D eigenvalue weighted by molar-refractivity contribution is 7.90. The third-order valence-electron chi connectivity index (χ3n) is 4.21. The average Bonchev–Trinajstić information content (AvgIpc) is 2.52. The van der Waals surface area contributed by atoms with Gasteiger partial charge in [0.05, 0.1) is 4.90 Å². The molecule has 0 spiro atoms. The minimum atomic E-state index is -3.29. The van der Waals surface area contributed by atoms with Crippen molar-refractivity contribution in [1.29, 1.82) is 0 Å². The molecule has 1 aliphatic rings. The van der Waals surface area contributed by atoms with Gasteiger partial charge >= 0.3 is 0 Å². The summed E-state index contributed by atoms with van der Waals surface area (Å²) in [6, 6.07) is 6.31. The Balaban J connectivity index is 0.00000264. The van der Waals surface area contributed by atoms with Gasteiger partial charge in [-0.25, -0.2) is 8.42 Å². The zero-order valence-electron chi connectivity index (χ0n) is 13.6. The summed E-state index contributed by atoms with van der Waals surface area (Å²) in [6.07, 6.45) is 4.32. The van der Waals surface area contributed by atoms with Gasteiger partial charge in [-0.3, -0.25) is 4.79 Å². The fourth-order valence-corrected chi connectivity index (χ4v) is 3.48. The molecule has 0 saturated carbocycles. The summed E-state index contributed by atoms with van der Waals surface area (Å²) in [5, 5.41) is 3.16. The van der Waals surface area contributed by atoms with Crippen molar-refractivity contribution in [2.45, 2.75) is 24.2 Å². The van der Waals surface area contributed by atoms with Crippen molar-refractivity contribution < 1.29 is 13.2 Å². The molecule has 1 aromatic carbocycles. The average molecular weight is 361 g/mol. The fourth-order valence-electron chi connectivity index (χ4n) is 2.82. The van der Waals surface area contributed by atoms with Gasteiger partial charge in [0.25, 0.3) is 5.91 Å². The van der Waals surface area contributed by atoms with Crippen LogP contribution in [0.3, 0.4) is 0 Å². The van der Waals surface area contributed by atoms with E-state index in [2.05, 4.69) is 5.32 Å². The molecule has 0 radical (unpaired) electrons. The smallest absolute Gasteiger partial charge is 0.253 e. The maximum atomic E-state index is 12.5. The van der Waals surface area contributed by atoms with Crippen molar-refractivity contribution in [3.63, 3.8) is 0 Å². The molecule has 0 atom stereocenters. The van der Waals surface area contributed by atoms with E-state index in [-0.39, 0.29) is 23.2 Å². The van der Waals surface area contributed by atoms with Crippen molar-refractivity contribution in [2.24, 2.45) is 5.92 Å². The van der Waals surface area contributed by atoms with E-state index < -0.39 is 9.84 Å². The summed E-state index contributed by atoms with van der Waals surface area (Å²) in [5.41, 5.74) is 0.455. The molecular weight excluding hydrogens is 336 g/mol. The van der Waals surface area contributed by atoms with Crippen LogP contribution in [0, 0.1) is 5.92 Å². The van der Waals surface area contributed by atoms with Crippen LogP contribution in [0.25, 0.3) is 0 Å². The van der Waals surface area contributed by atoms with E-state index in [1.54, 1.807) is 12.1 Å². The maximum Gasteiger partial charge on any atom is 0.253 e. The Bertz CT molecular complexity index is 626. The standard InChI is InChI=1S/C16H24N2O3S.ClH/c1-17-9-6-13-7-10-18(11-8-13)16(19)14-4-3-5-15(12-14)22(2,20)21;/h3-5,12-13,17H,6-11H2,1-2H3;1H. The second-order valence-corrected chi connectivity index (χ2v) is 7.94. The summed E-state index contributed by atoms with van der Waals surface area (Å²) in [4.78, 5) is 14.5. The number of hydrogen-bond acceptors (Lipinski definition) is 4. The molecule has 1 heterocycles. The number of hydrogen-bond donors (Lipinski definition) is 1. The molecule has 1 aliphatic heterocycles. The number of halogens is 1. The van der Waals surface area contributed by atoms with Gasteiger partial charge in [0.15, 0.2) is 9.84 Å². The highest BCUT2D eigenvalue weighted by Crippen LogP contribution is 2.22. The highest BCUT2D eigenvalue weighted by atomic mass is 35.5. The largest absolute Gasteiger partial charge is 0.339 e. The van der Waals surface area contributed by atoms with Crippen LogP contribution in [0.1, 0.15) is 29.6 Å². The van der Waals surface area contributed by atoms with Crippen LogP contribution >= 0.6 is 12.4 Å². The zero-order chi connectivity index (χ0) is 16.2. The maximum absolute atomic E-state index is 12.5. The molecule has 0 aromatic heterocycles. The van der Waals surface area contributed by atoms with Crippen LogP contribution in [0.5, 0.6) is 0 Å². The van der Waals surface area contributed by atoms with E-state index in [9.17, 15) is 13.2 Å². The Labute approximate surface area is 144 Å². The quantitative estimate of drug-likeness (QED) is 0.871. The van der Waals surface area contributed by atoms with Gasteiger partial charge in [-0.15, -0.1) is 12.4 Å². The van der Waals surface area contributed by atoms with E-state index in [0.29, 0.717) is 11.5 Å². The van der Waals surface area contributed by atoms with Crippen LogP contribution < -0.4 is 5.32 Å². The first-order valence-electron chi connectivity index (χ1n) is 7.66. The number of carbonyl (C=O) groups excluding carboxylic acids is 1. The first-order chi connectivity index (χ1) is 10.4. The van der Waals surface area contributed by atoms with Crippen molar-refractivity contribution in [2.75, 3.05) is 32.9 Å². The Morgan fingerprint density at radius 3 is 2.52 bits per heavy atom. The lowest BCUT2D eigenvalue weighted by Crippen LogP contribution is -2.39. The molecule has 1 fully saturated rings.